The molecule has 0 aromatic rings. The van der Waals surface area contributed by atoms with Crippen molar-refractivity contribution in [2.75, 3.05) is 11.5 Å². The first-order valence-corrected chi connectivity index (χ1v) is 9.50. The van der Waals surface area contributed by atoms with E-state index in [0.717, 1.165) is 6.92 Å². The number of aliphatic hydroxyl groups excluding tert-OH is 4. The van der Waals surface area contributed by atoms with Gasteiger partial charge in [0.15, 0.2) is 24.3 Å². The fourth-order valence-corrected chi connectivity index (χ4v) is 6.06. The fraction of sp³-hybridized carbons (Fsp3) is 1.00. The van der Waals surface area contributed by atoms with Crippen molar-refractivity contribution in [2.24, 2.45) is 0 Å². The normalized spacial score (nSPS) is 19.6. The molecule has 0 radical (unpaired) electrons. The molecule has 0 amide bonds. The Hall–Kier alpha value is -0.260. The molecule has 0 aliphatic heterocycles. The van der Waals surface area contributed by atoms with E-state index in [2.05, 4.69) is 0 Å². The Kier molecular flexibility index (Phi) is 7.05. The van der Waals surface area contributed by atoms with Gasteiger partial charge in [-0.05, 0) is 6.92 Å². The maximum absolute atomic E-state index is 11.8. The van der Waals surface area contributed by atoms with Crippen LogP contribution in [0.2, 0.25) is 0 Å². The van der Waals surface area contributed by atoms with Gasteiger partial charge < -0.3 is 20.4 Å². The van der Waals surface area contributed by atoms with E-state index in [1.807, 2.05) is 0 Å². The average molecular weight is 334 g/mol. The number of aliphatic hydroxyl groups is 4. The molecule has 0 rings (SSSR count). The van der Waals surface area contributed by atoms with Gasteiger partial charge in [-0.1, -0.05) is 13.8 Å². The van der Waals surface area contributed by atoms with Gasteiger partial charge in [0.25, 0.3) is 0 Å². The largest absolute Gasteiger partial charge is 0.391 e. The number of sulfone groups is 2. The Morgan fingerprint density at radius 3 is 1.35 bits per heavy atom. The van der Waals surface area contributed by atoms with Crippen LogP contribution in [0.1, 0.15) is 20.8 Å². The summed E-state index contributed by atoms with van der Waals surface area (Å²) < 4.78 is 45.2. The molecule has 0 aromatic carbocycles. The van der Waals surface area contributed by atoms with E-state index in [4.69, 9.17) is 5.11 Å². The van der Waals surface area contributed by atoms with Crippen molar-refractivity contribution in [3.05, 3.63) is 0 Å². The first kappa shape index (κ1) is 19.7. The molecule has 0 saturated heterocycles. The van der Waals surface area contributed by atoms with Crippen molar-refractivity contribution in [1.82, 2.24) is 0 Å². The standard InChI is InChI=1S/C10H22O8S2/c1-4-19(15,16)10(20(17,18)5-2)9(14)8(13)7(12)6(3)11/h6-14H,4-5H2,1-3H3/t6-,7-,8+,9+/m0/s1. The highest BCUT2D eigenvalue weighted by Gasteiger charge is 2.46. The van der Waals surface area contributed by atoms with Gasteiger partial charge in [-0.15, -0.1) is 0 Å². The van der Waals surface area contributed by atoms with Gasteiger partial charge in [0.05, 0.1) is 6.10 Å². The summed E-state index contributed by atoms with van der Waals surface area (Å²) in [6.45, 7) is 3.52. The molecule has 0 saturated carbocycles. The average Bonchev–Trinajstić information content (AvgIpc) is 2.36. The molecule has 0 spiro atoms. The first-order valence-electron chi connectivity index (χ1n) is 6.07. The van der Waals surface area contributed by atoms with Gasteiger partial charge in [0, 0.05) is 11.5 Å². The summed E-state index contributed by atoms with van der Waals surface area (Å²) in [5, 5.41) is 38.1. The third-order valence-electron chi connectivity index (χ3n) is 2.99. The lowest BCUT2D eigenvalue weighted by Gasteiger charge is -2.29. The van der Waals surface area contributed by atoms with Crippen LogP contribution in [-0.2, 0) is 19.7 Å². The van der Waals surface area contributed by atoms with Gasteiger partial charge in [-0.3, -0.25) is 0 Å². The highest BCUT2D eigenvalue weighted by molar-refractivity contribution is 8.09. The highest BCUT2D eigenvalue weighted by atomic mass is 32.3. The molecule has 4 N–H and O–H groups in total. The molecule has 4 atom stereocenters. The third kappa shape index (κ3) is 4.37. The lowest BCUT2D eigenvalue weighted by atomic mass is 10.1. The Bertz CT molecular complexity index is 461. The van der Waals surface area contributed by atoms with Crippen molar-refractivity contribution in [1.29, 1.82) is 0 Å². The van der Waals surface area contributed by atoms with Crippen molar-refractivity contribution in [3.8, 4) is 0 Å². The summed E-state index contributed by atoms with van der Waals surface area (Å²) in [5.74, 6) is -1.10. The smallest absolute Gasteiger partial charge is 0.191 e. The van der Waals surface area contributed by atoms with E-state index in [9.17, 15) is 32.2 Å². The van der Waals surface area contributed by atoms with Crippen LogP contribution in [0, 0.1) is 0 Å². The SMILES string of the molecule is CCS(=O)(=O)C([C@H](O)[C@H](O)[C@@H](O)[C@H](C)O)S(=O)(=O)CC. The second kappa shape index (κ2) is 7.14. The van der Waals surface area contributed by atoms with E-state index < -0.39 is 60.2 Å². The lowest BCUT2D eigenvalue weighted by Crippen LogP contribution is -2.53. The molecule has 0 unspecified atom stereocenters. The van der Waals surface area contributed by atoms with Crippen LogP contribution in [0.15, 0.2) is 0 Å². The minimum atomic E-state index is -4.22. The number of rotatable bonds is 8. The minimum absolute atomic E-state index is 0.550. The second-order valence-electron chi connectivity index (χ2n) is 4.48. The zero-order valence-electron chi connectivity index (χ0n) is 11.5. The Balaban J connectivity index is 5.70. The maximum Gasteiger partial charge on any atom is 0.191 e. The Labute approximate surface area is 118 Å². The molecule has 122 valence electrons. The van der Waals surface area contributed by atoms with Crippen molar-refractivity contribution >= 4 is 19.7 Å². The zero-order chi connectivity index (χ0) is 16.3. The van der Waals surface area contributed by atoms with Gasteiger partial charge in [0.1, 0.15) is 18.3 Å². The van der Waals surface area contributed by atoms with Gasteiger partial charge in [-0.2, -0.15) is 0 Å². The molecule has 0 aliphatic rings. The number of hydrogen-bond donors (Lipinski definition) is 4. The van der Waals surface area contributed by atoms with Crippen LogP contribution in [0.3, 0.4) is 0 Å². The fourth-order valence-electron chi connectivity index (χ4n) is 1.63. The van der Waals surface area contributed by atoms with Crippen molar-refractivity contribution in [3.63, 3.8) is 0 Å². The quantitative estimate of drug-likeness (QED) is 0.385. The summed E-state index contributed by atoms with van der Waals surface area (Å²) >= 11 is 0. The Morgan fingerprint density at radius 1 is 0.750 bits per heavy atom. The van der Waals surface area contributed by atoms with Gasteiger partial charge in [-0.25, -0.2) is 16.8 Å². The van der Waals surface area contributed by atoms with Gasteiger partial charge >= 0.3 is 0 Å². The monoisotopic (exact) mass is 334 g/mol. The molecular weight excluding hydrogens is 312 g/mol. The van der Waals surface area contributed by atoms with E-state index in [-0.39, 0.29) is 0 Å². The molecule has 0 bridgehead atoms. The summed E-state index contributed by atoms with van der Waals surface area (Å²) in [4.78, 5) is 0. The highest BCUT2D eigenvalue weighted by Crippen LogP contribution is 2.21. The molecule has 20 heavy (non-hydrogen) atoms. The first-order chi connectivity index (χ1) is 8.92. The van der Waals surface area contributed by atoms with E-state index >= 15 is 0 Å². The van der Waals surface area contributed by atoms with Crippen LogP contribution in [0.4, 0.5) is 0 Å². The Morgan fingerprint density at radius 2 is 1.10 bits per heavy atom. The van der Waals surface area contributed by atoms with E-state index in [1.54, 1.807) is 0 Å². The second-order valence-corrected chi connectivity index (χ2v) is 9.60. The molecular formula is C10H22O8S2. The molecule has 0 aromatic heterocycles. The van der Waals surface area contributed by atoms with E-state index in [0.29, 0.717) is 0 Å². The van der Waals surface area contributed by atoms with Crippen LogP contribution >= 0.6 is 0 Å². The third-order valence-corrected chi connectivity index (χ3v) is 8.33. The molecule has 0 heterocycles. The summed E-state index contributed by atoms with van der Waals surface area (Å²) in [6.07, 6.45) is -7.70. The van der Waals surface area contributed by atoms with Crippen molar-refractivity contribution in [2.45, 2.75) is 49.8 Å². The topological polar surface area (TPSA) is 149 Å². The summed E-state index contributed by atoms with van der Waals surface area (Å²) in [5.41, 5.74) is 0. The molecule has 0 fully saturated rings. The number of hydrogen-bond acceptors (Lipinski definition) is 8. The molecule has 0 aliphatic carbocycles. The van der Waals surface area contributed by atoms with Crippen molar-refractivity contribution < 1.29 is 37.3 Å². The maximum atomic E-state index is 11.8. The van der Waals surface area contributed by atoms with Crippen LogP contribution < -0.4 is 0 Å². The van der Waals surface area contributed by atoms with Crippen LogP contribution in [-0.4, -0.2) is 77.8 Å². The summed E-state index contributed by atoms with van der Waals surface area (Å²) in [7, 11) is -8.45. The van der Waals surface area contributed by atoms with Crippen LogP contribution in [0.25, 0.3) is 0 Å². The molecule has 10 heteroatoms. The van der Waals surface area contributed by atoms with Gasteiger partial charge in [0.2, 0.25) is 0 Å². The molecule has 8 nitrogen and oxygen atoms in total. The predicted molar refractivity (Wildman–Crippen MR) is 72.4 cm³/mol. The predicted octanol–water partition coefficient (Wildman–Crippen LogP) is -2.35. The lowest BCUT2D eigenvalue weighted by molar-refractivity contribution is -0.0960. The van der Waals surface area contributed by atoms with Crippen LogP contribution in [0.5, 0.6) is 0 Å². The summed E-state index contributed by atoms with van der Waals surface area (Å²) in [6, 6.07) is 0. The zero-order valence-corrected chi connectivity index (χ0v) is 13.2. The minimum Gasteiger partial charge on any atom is -0.391 e. The van der Waals surface area contributed by atoms with E-state index in [1.165, 1.54) is 13.8 Å².